The van der Waals surface area contributed by atoms with Crippen LogP contribution in [0.25, 0.3) is 0 Å². The maximum atomic E-state index is 11.0. The van der Waals surface area contributed by atoms with Gasteiger partial charge in [0.05, 0.1) is 0 Å². The maximum Gasteiger partial charge on any atom is 0.306 e. The highest BCUT2D eigenvalue weighted by atomic mass is 16.6. The third kappa shape index (κ3) is 2.37. The van der Waals surface area contributed by atoms with Crippen molar-refractivity contribution in [3.05, 3.63) is 11.6 Å². The van der Waals surface area contributed by atoms with Gasteiger partial charge in [-0.3, -0.25) is 9.59 Å². The molecule has 0 radical (unpaired) electrons. The van der Waals surface area contributed by atoms with E-state index >= 15 is 0 Å². The lowest BCUT2D eigenvalue weighted by molar-refractivity contribution is -0.153. The summed E-state index contributed by atoms with van der Waals surface area (Å²) in [5.41, 5.74) is 1.10. The molecule has 0 aromatic rings. The zero-order valence-electron chi connectivity index (χ0n) is 8.69. The first-order valence-electron chi connectivity index (χ1n) is 5.22. The highest BCUT2D eigenvalue weighted by Gasteiger charge is 2.30. The number of hydrogen-bond donors (Lipinski definition) is 0. The Morgan fingerprint density at radius 1 is 1.47 bits per heavy atom. The number of fused-ring (bicyclic) bond motifs is 1. The molecule has 1 aliphatic carbocycles. The van der Waals surface area contributed by atoms with Crippen LogP contribution >= 0.6 is 0 Å². The number of esters is 2. The molecule has 0 spiro atoms. The van der Waals surface area contributed by atoms with E-state index in [0.717, 1.165) is 24.8 Å². The number of rotatable bonds is 1. The molecule has 0 aromatic carbocycles. The second-order valence-corrected chi connectivity index (χ2v) is 3.95. The van der Waals surface area contributed by atoms with E-state index in [4.69, 9.17) is 9.47 Å². The first-order valence-corrected chi connectivity index (χ1v) is 5.22. The Balaban J connectivity index is 2.03. The van der Waals surface area contributed by atoms with Crippen LogP contribution < -0.4 is 0 Å². The van der Waals surface area contributed by atoms with E-state index in [1.807, 2.05) is 6.08 Å². The van der Waals surface area contributed by atoms with Crippen LogP contribution in [0.3, 0.4) is 0 Å². The predicted octanol–water partition coefficient (Wildman–Crippen LogP) is 1.34. The van der Waals surface area contributed by atoms with Crippen LogP contribution in [0.2, 0.25) is 0 Å². The number of hydrogen-bond acceptors (Lipinski definition) is 4. The largest absolute Gasteiger partial charge is 0.458 e. The first-order chi connectivity index (χ1) is 7.15. The molecule has 0 bridgehead atoms. The van der Waals surface area contributed by atoms with Crippen LogP contribution in [0.5, 0.6) is 0 Å². The van der Waals surface area contributed by atoms with Gasteiger partial charge in [-0.25, -0.2) is 0 Å². The summed E-state index contributed by atoms with van der Waals surface area (Å²) in [6.45, 7) is 1.41. The molecule has 0 saturated carbocycles. The second kappa shape index (κ2) is 4.04. The van der Waals surface area contributed by atoms with Crippen molar-refractivity contribution in [1.29, 1.82) is 0 Å². The molecule has 15 heavy (non-hydrogen) atoms. The van der Waals surface area contributed by atoms with Crippen molar-refractivity contribution >= 4 is 11.9 Å². The van der Waals surface area contributed by atoms with Gasteiger partial charge in [0, 0.05) is 13.3 Å². The van der Waals surface area contributed by atoms with Crippen LogP contribution in [0.15, 0.2) is 11.6 Å². The minimum Gasteiger partial charge on any atom is -0.458 e. The number of carbonyl (C=O) groups excluding carboxylic acids is 2. The van der Waals surface area contributed by atoms with Gasteiger partial charge >= 0.3 is 11.9 Å². The van der Waals surface area contributed by atoms with Crippen molar-refractivity contribution in [2.45, 2.75) is 44.8 Å². The fourth-order valence-electron chi connectivity index (χ4n) is 2.08. The summed E-state index contributed by atoms with van der Waals surface area (Å²) < 4.78 is 10.3. The Morgan fingerprint density at radius 2 is 2.27 bits per heavy atom. The number of ether oxygens (including phenoxy) is 2. The van der Waals surface area contributed by atoms with Crippen LogP contribution in [-0.2, 0) is 19.1 Å². The molecule has 1 fully saturated rings. The van der Waals surface area contributed by atoms with Crippen LogP contribution in [-0.4, -0.2) is 24.1 Å². The Labute approximate surface area is 88.2 Å². The van der Waals surface area contributed by atoms with Crippen molar-refractivity contribution in [3.8, 4) is 0 Å². The van der Waals surface area contributed by atoms with Gasteiger partial charge in [-0.1, -0.05) is 0 Å². The lowest BCUT2D eigenvalue weighted by Crippen LogP contribution is -2.32. The van der Waals surface area contributed by atoms with Gasteiger partial charge in [-0.2, -0.15) is 0 Å². The molecule has 0 amide bonds. The quantitative estimate of drug-likeness (QED) is 0.484. The third-order valence-electron chi connectivity index (χ3n) is 2.74. The monoisotopic (exact) mass is 210 g/mol. The fraction of sp³-hybridized carbons (Fsp3) is 0.636. The molecular formula is C11H14O4. The highest BCUT2D eigenvalue weighted by Crippen LogP contribution is 2.30. The van der Waals surface area contributed by atoms with Crippen LogP contribution in [0, 0.1) is 0 Å². The van der Waals surface area contributed by atoms with Crippen LogP contribution in [0.4, 0.5) is 0 Å². The maximum absolute atomic E-state index is 11.0. The normalized spacial score (nSPS) is 29.9. The Morgan fingerprint density at radius 3 is 3.00 bits per heavy atom. The topological polar surface area (TPSA) is 52.6 Å². The first kappa shape index (κ1) is 10.2. The second-order valence-electron chi connectivity index (χ2n) is 3.95. The van der Waals surface area contributed by atoms with Crippen molar-refractivity contribution in [2.75, 3.05) is 0 Å². The van der Waals surface area contributed by atoms with Gasteiger partial charge in [0.1, 0.15) is 12.2 Å². The van der Waals surface area contributed by atoms with E-state index in [9.17, 15) is 9.59 Å². The standard InChI is InChI=1S/C11H14O4/c1-7(12)14-9-3-4-10-8(6-9)2-5-11(13)15-10/h6,9-10H,2-5H2,1H3/t9-,10-/m0/s1. The van der Waals surface area contributed by atoms with Gasteiger partial charge in [-0.05, 0) is 30.9 Å². The molecule has 1 saturated heterocycles. The molecule has 2 aliphatic rings. The van der Waals surface area contributed by atoms with E-state index in [2.05, 4.69) is 0 Å². The van der Waals surface area contributed by atoms with Gasteiger partial charge < -0.3 is 9.47 Å². The van der Waals surface area contributed by atoms with Gasteiger partial charge in [0.15, 0.2) is 0 Å². The third-order valence-corrected chi connectivity index (χ3v) is 2.74. The SMILES string of the molecule is CC(=O)O[C@@H]1C=C2CCC(=O)O[C@H]2CC1. The average Bonchev–Trinajstić information content (AvgIpc) is 2.17. The summed E-state index contributed by atoms with van der Waals surface area (Å²) in [5, 5.41) is 0. The molecule has 0 unspecified atom stereocenters. The highest BCUT2D eigenvalue weighted by molar-refractivity contribution is 5.71. The van der Waals surface area contributed by atoms with Crippen molar-refractivity contribution in [1.82, 2.24) is 0 Å². The molecule has 0 aromatic heterocycles. The van der Waals surface area contributed by atoms with Gasteiger partial charge in [0.25, 0.3) is 0 Å². The zero-order chi connectivity index (χ0) is 10.8. The average molecular weight is 210 g/mol. The van der Waals surface area contributed by atoms with E-state index < -0.39 is 0 Å². The minimum absolute atomic E-state index is 0.0712. The summed E-state index contributed by atoms with van der Waals surface area (Å²) in [7, 11) is 0. The van der Waals surface area contributed by atoms with E-state index in [-0.39, 0.29) is 24.1 Å². The van der Waals surface area contributed by atoms with Crippen molar-refractivity contribution in [2.24, 2.45) is 0 Å². The Kier molecular flexibility index (Phi) is 2.75. The predicted molar refractivity (Wildman–Crippen MR) is 52.0 cm³/mol. The minimum atomic E-state index is -0.261. The smallest absolute Gasteiger partial charge is 0.306 e. The van der Waals surface area contributed by atoms with E-state index in [0.29, 0.717) is 6.42 Å². The molecule has 4 heteroatoms. The molecule has 1 aliphatic heterocycles. The van der Waals surface area contributed by atoms with E-state index in [1.54, 1.807) is 0 Å². The summed E-state index contributed by atoms with van der Waals surface area (Å²) >= 11 is 0. The Hall–Kier alpha value is -1.32. The van der Waals surface area contributed by atoms with Gasteiger partial charge in [0.2, 0.25) is 0 Å². The molecule has 2 atom stereocenters. The number of carbonyl (C=O) groups is 2. The van der Waals surface area contributed by atoms with Gasteiger partial charge in [-0.15, -0.1) is 0 Å². The molecule has 0 N–H and O–H groups in total. The van der Waals surface area contributed by atoms with Crippen molar-refractivity contribution < 1.29 is 19.1 Å². The zero-order valence-corrected chi connectivity index (χ0v) is 8.69. The fourth-order valence-corrected chi connectivity index (χ4v) is 2.08. The van der Waals surface area contributed by atoms with E-state index in [1.165, 1.54) is 6.92 Å². The lowest BCUT2D eigenvalue weighted by atomic mass is 9.90. The molecule has 82 valence electrons. The summed E-state index contributed by atoms with van der Waals surface area (Å²) in [6, 6.07) is 0. The summed E-state index contributed by atoms with van der Waals surface area (Å²) in [6.07, 6.45) is 4.40. The summed E-state index contributed by atoms with van der Waals surface area (Å²) in [5.74, 6) is -0.383. The molecular weight excluding hydrogens is 196 g/mol. The lowest BCUT2D eigenvalue weighted by Gasteiger charge is -2.31. The molecule has 4 nitrogen and oxygen atoms in total. The molecule has 2 rings (SSSR count). The Bertz CT molecular complexity index is 319. The van der Waals surface area contributed by atoms with Crippen LogP contribution in [0.1, 0.15) is 32.6 Å². The van der Waals surface area contributed by atoms with Crippen molar-refractivity contribution in [3.63, 3.8) is 0 Å². The summed E-state index contributed by atoms with van der Waals surface area (Å²) in [4.78, 5) is 21.8. The molecule has 1 heterocycles.